The first-order valence-electron chi connectivity index (χ1n) is 8.27. The molecule has 0 saturated carbocycles. The van der Waals surface area contributed by atoms with E-state index in [1.165, 1.54) is 16.7 Å². The van der Waals surface area contributed by atoms with Crippen molar-refractivity contribution in [2.75, 3.05) is 18.3 Å². The molecule has 0 radical (unpaired) electrons. The number of benzene rings is 2. The second-order valence-electron chi connectivity index (χ2n) is 5.79. The molecule has 4 rings (SSSR count). The highest BCUT2D eigenvalue weighted by Gasteiger charge is 2.34. The topological polar surface area (TPSA) is 48.0 Å². The molecule has 2 aliphatic heterocycles. The Morgan fingerprint density at radius 1 is 1.25 bits per heavy atom. The van der Waals surface area contributed by atoms with E-state index < -0.39 is 0 Å². The van der Waals surface area contributed by atoms with Crippen LogP contribution in [0.3, 0.4) is 0 Å². The fourth-order valence-corrected chi connectivity index (χ4v) is 6.18. The number of rotatable bonds is 4. The molecule has 0 bridgehead atoms. The number of thiocarbonyl (C=S) groups is 1. The SMILES string of the molecule is CCOc1c(I)cc(I)cc1C=C1SC(=S)N(c2ccc3c(c2)OCO3)C1=O. The molecule has 0 spiro atoms. The zero-order valence-corrected chi connectivity index (χ0v) is 20.5. The Labute approximate surface area is 199 Å². The lowest BCUT2D eigenvalue weighted by Gasteiger charge is -2.15. The number of hydrogen-bond acceptors (Lipinski definition) is 6. The fourth-order valence-electron chi connectivity index (χ4n) is 2.84. The number of fused-ring (bicyclic) bond motifs is 1. The fraction of sp³-hybridized carbons (Fsp3) is 0.158. The van der Waals surface area contributed by atoms with Gasteiger partial charge in [0, 0.05) is 15.2 Å². The summed E-state index contributed by atoms with van der Waals surface area (Å²) in [6.07, 6.45) is 1.85. The summed E-state index contributed by atoms with van der Waals surface area (Å²) >= 11 is 11.3. The molecule has 2 aliphatic rings. The molecule has 1 fully saturated rings. The standard InChI is InChI=1S/C19H13I2NO4S2/c1-2-24-17-10(5-11(20)7-13(17)21)6-16-18(23)22(19(27)28-16)12-3-4-14-15(8-12)26-9-25-14/h3-8H,2,9H2,1H3. The van der Waals surface area contributed by atoms with Gasteiger partial charge in [-0.05, 0) is 82.4 Å². The van der Waals surface area contributed by atoms with Crippen molar-refractivity contribution in [3.8, 4) is 17.2 Å². The Kier molecular flexibility index (Phi) is 6.04. The monoisotopic (exact) mass is 637 g/mol. The number of carbonyl (C=O) groups excluding carboxylic acids is 1. The Morgan fingerprint density at radius 2 is 2.04 bits per heavy atom. The van der Waals surface area contributed by atoms with Gasteiger partial charge >= 0.3 is 0 Å². The maximum absolute atomic E-state index is 13.1. The number of anilines is 1. The van der Waals surface area contributed by atoms with Crippen LogP contribution >= 0.6 is 69.2 Å². The van der Waals surface area contributed by atoms with Crippen molar-refractivity contribution in [2.45, 2.75) is 6.92 Å². The minimum Gasteiger partial charge on any atom is -0.492 e. The molecule has 1 saturated heterocycles. The summed E-state index contributed by atoms with van der Waals surface area (Å²) in [4.78, 5) is 15.2. The molecule has 0 atom stereocenters. The van der Waals surface area contributed by atoms with E-state index in [1.54, 1.807) is 18.2 Å². The zero-order chi connectivity index (χ0) is 19.8. The Hall–Kier alpha value is -1.05. The van der Waals surface area contributed by atoms with Gasteiger partial charge < -0.3 is 14.2 Å². The van der Waals surface area contributed by atoms with Crippen LogP contribution in [0.25, 0.3) is 6.08 Å². The van der Waals surface area contributed by atoms with E-state index in [-0.39, 0.29) is 12.7 Å². The minimum absolute atomic E-state index is 0.162. The average Bonchev–Trinajstić information content (AvgIpc) is 3.21. The molecular formula is C19H13I2NO4S2. The maximum Gasteiger partial charge on any atom is 0.270 e. The second-order valence-corrected chi connectivity index (χ2v) is 9.88. The third-order valence-electron chi connectivity index (χ3n) is 4.02. The normalized spacial score (nSPS) is 17.0. The predicted molar refractivity (Wildman–Crippen MR) is 131 cm³/mol. The van der Waals surface area contributed by atoms with E-state index in [2.05, 4.69) is 45.2 Å². The van der Waals surface area contributed by atoms with Gasteiger partial charge in [-0.2, -0.15) is 0 Å². The van der Waals surface area contributed by atoms with Crippen molar-refractivity contribution in [3.05, 3.63) is 47.9 Å². The third kappa shape index (κ3) is 3.85. The van der Waals surface area contributed by atoms with Crippen molar-refractivity contribution in [3.63, 3.8) is 0 Å². The van der Waals surface area contributed by atoms with Gasteiger partial charge in [-0.25, -0.2) is 0 Å². The van der Waals surface area contributed by atoms with Crippen LogP contribution in [0.5, 0.6) is 17.2 Å². The van der Waals surface area contributed by atoms with Crippen molar-refractivity contribution in [1.29, 1.82) is 0 Å². The Morgan fingerprint density at radius 3 is 2.82 bits per heavy atom. The summed E-state index contributed by atoms with van der Waals surface area (Å²) < 4.78 is 19.1. The smallest absolute Gasteiger partial charge is 0.270 e. The average molecular weight is 637 g/mol. The summed E-state index contributed by atoms with van der Waals surface area (Å²) in [5, 5.41) is 0. The van der Waals surface area contributed by atoms with Crippen molar-refractivity contribution >= 4 is 91.2 Å². The van der Waals surface area contributed by atoms with Crippen LogP contribution in [-0.2, 0) is 4.79 Å². The van der Waals surface area contributed by atoms with Gasteiger partial charge in [0.15, 0.2) is 15.8 Å². The predicted octanol–water partition coefficient (Wildman–Crippen LogP) is 5.43. The molecule has 0 N–H and O–H groups in total. The van der Waals surface area contributed by atoms with Crippen molar-refractivity contribution in [1.82, 2.24) is 0 Å². The van der Waals surface area contributed by atoms with Crippen LogP contribution in [0.4, 0.5) is 5.69 Å². The van der Waals surface area contributed by atoms with Gasteiger partial charge in [0.05, 0.1) is 20.8 Å². The highest BCUT2D eigenvalue weighted by Crippen LogP contribution is 2.41. The zero-order valence-electron chi connectivity index (χ0n) is 14.5. The second kappa shape index (κ2) is 8.36. The summed E-state index contributed by atoms with van der Waals surface area (Å²) in [6, 6.07) is 9.41. The quantitative estimate of drug-likeness (QED) is 0.254. The molecule has 0 aromatic heterocycles. The van der Waals surface area contributed by atoms with Crippen LogP contribution in [0, 0.1) is 7.14 Å². The van der Waals surface area contributed by atoms with E-state index in [0.717, 1.165) is 18.5 Å². The molecule has 0 unspecified atom stereocenters. The highest BCUT2D eigenvalue weighted by molar-refractivity contribution is 14.1. The third-order valence-corrected chi connectivity index (χ3v) is 6.75. The van der Waals surface area contributed by atoms with Gasteiger partial charge in [0.1, 0.15) is 5.75 Å². The number of halogens is 2. The largest absolute Gasteiger partial charge is 0.492 e. The molecule has 28 heavy (non-hydrogen) atoms. The molecule has 144 valence electrons. The number of carbonyl (C=O) groups is 1. The first-order valence-corrected chi connectivity index (χ1v) is 11.7. The first-order chi connectivity index (χ1) is 13.5. The summed E-state index contributed by atoms with van der Waals surface area (Å²) in [6.45, 7) is 2.68. The van der Waals surface area contributed by atoms with Crippen molar-refractivity contribution < 1.29 is 19.0 Å². The van der Waals surface area contributed by atoms with E-state index in [0.29, 0.717) is 33.0 Å². The van der Waals surface area contributed by atoms with Crippen LogP contribution in [0.1, 0.15) is 12.5 Å². The van der Waals surface area contributed by atoms with Gasteiger partial charge in [-0.1, -0.05) is 24.0 Å². The lowest BCUT2D eigenvalue weighted by molar-refractivity contribution is -0.113. The first kappa shape index (κ1) is 20.2. The summed E-state index contributed by atoms with van der Waals surface area (Å²) in [5.41, 5.74) is 1.53. The molecule has 2 aromatic carbocycles. The minimum atomic E-state index is -0.162. The summed E-state index contributed by atoms with van der Waals surface area (Å²) in [5.74, 6) is 1.89. The lowest BCUT2D eigenvalue weighted by Crippen LogP contribution is -2.27. The molecule has 9 heteroatoms. The van der Waals surface area contributed by atoms with Gasteiger partial charge in [-0.15, -0.1) is 0 Å². The maximum atomic E-state index is 13.1. The lowest BCUT2D eigenvalue weighted by atomic mass is 10.2. The van der Waals surface area contributed by atoms with E-state index in [1.807, 2.05) is 25.1 Å². The van der Waals surface area contributed by atoms with E-state index in [9.17, 15) is 4.79 Å². The highest BCUT2D eigenvalue weighted by atomic mass is 127. The molecule has 1 amide bonds. The molecule has 0 aliphatic carbocycles. The Balaban J connectivity index is 1.70. The summed E-state index contributed by atoms with van der Waals surface area (Å²) in [7, 11) is 0. The number of nitrogens with zero attached hydrogens (tertiary/aromatic N) is 1. The molecule has 5 nitrogen and oxygen atoms in total. The van der Waals surface area contributed by atoms with Gasteiger partial charge in [0.25, 0.3) is 5.91 Å². The van der Waals surface area contributed by atoms with Gasteiger partial charge in [0.2, 0.25) is 6.79 Å². The molecule has 2 aromatic rings. The van der Waals surface area contributed by atoms with Crippen LogP contribution < -0.4 is 19.1 Å². The van der Waals surface area contributed by atoms with Crippen molar-refractivity contribution in [2.24, 2.45) is 0 Å². The number of amides is 1. The Bertz CT molecular complexity index is 1030. The van der Waals surface area contributed by atoms with Crippen LogP contribution in [-0.4, -0.2) is 23.6 Å². The number of hydrogen-bond donors (Lipinski definition) is 0. The van der Waals surface area contributed by atoms with Gasteiger partial charge in [-0.3, -0.25) is 9.69 Å². The molecular weight excluding hydrogens is 624 g/mol. The molecule has 2 heterocycles. The number of ether oxygens (including phenoxy) is 3. The van der Waals surface area contributed by atoms with Crippen LogP contribution in [0.2, 0.25) is 0 Å². The van der Waals surface area contributed by atoms with E-state index >= 15 is 0 Å². The van der Waals surface area contributed by atoms with Crippen LogP contribution in [0.15, 0.2) is 35.2 Å². The van der Waals surface area contributed by atoms with E-state index in [4.69, 9.17) is 26.4 Å². The number of thioether (sulfide) groups is 1.